The largest absolute Gasteiger partial charge is 0.492 e. The summed E-state index contributed by atoms with van der Waals surface area (Å²) in [5, 5.41) is 10.9. The number of ether oxygens (including phenoxy) is 2. The molecule has 1 fully saturated rings. The molecule has 0 radical (unpaired) electrons. The van der Waals surface area contributed by atoms with Crippen LogP contribution in [0.2, 0.25) is 0 Å². The molecule has 0 saturated heterocycles. The predicted octanol–water partition coefficient (Wildman–Crippen LogP) is 2.85. The second kappa shape index (κ2) is 6.07. The first-order valence-corrected chi connectivity index (χ1v) is 8.61. The van der Waals surface area contributed by atoms with Crippen LogP contribution >= 0.6 is 10.7 Å². The summed E-state index contributed by atoms with van der Waals surface area (Å²) >= 11 is 0. The van der Waals surface area contributed by atoms with Crippen molar-refractivity contribution in [2.24, 2.45) is 0 Å². The highest BCUT2D eigenvalue weighted by molar-refractivity contribution is 8.13. The van der Waals surface area contributed by atoms with Crippen LogP contribution in [0, 0.1) is 10.1 Å². The minimum Gasteiger partial charge on any atom is -0.492 e. The zero-order valence-electron chi connectivity index (χ0n) is 11.2. The number of methoxy groups -OCH3 is 1. The Morgan fingerprint density at radius 2 is 1.95 bits per heavy atom. The van der Waals surface area contributed by atoms with E-state index < -0.39 is 24.6 Å². The second-order valence-corrected chi connectivity index (χ2v) is 7.23. The predicted molar refractivity (Wildman–Crippen MR) is 75.6 cm³/mol. The van der Waals surface area contributed by atoms with Crippen LogP contribution in [0.4, 0.5) is 5.69 Å². The molecule has 1 aliphatic rings. The van der Waals surface area contributed by atoms with Gasteiger partial charge < -0.3 is 9.47 Å². The van der Waals surface area contributed by atoms with E-state index in [4.69, 9.17) is 20.2 Å². The van der Waals surface area contributed by atoms with Crippen molar-refractivity contribution in [3.8, 4) is 11.5 Å². The number of halogens is 1. The minimum atomic E-state index is -4.19. The number of rotatable bonds is 5. The van der Waals surface area contributed by atoms with E-state index in [9.17, 15) is 18.5 Å². The summed E-state index contributed by atoms with van der Waals surface area (Å²) in [4.78, 5) is 9.77. The van der Waals surface area contributed by atoms with Crippen LogP contribution in [0.15, 0.2) is 17.0 Å². The van der Waals surface area contributed by atoms with Gasteiger partial charge in [-0.3, -0.25) is 10.1 Å². The third kappa shape index (κ3) is 3.56. The highest BCUT2D eigenvalue weighted by Gasteiger charge is 2.28. The Kier molecular flexibility index (Phi) is 4.58. The fourth-order valence-electron chi connectivity index (χ4n) is 2.32. The Balaban J connectivity index is 2.54. The lowest BCUT2D eigenvalue weighted by Gasteiger charge is -2.17. The summed E-state index contributed by atoms with van der Waals surface area (Å²) in [6.45, 7) is 0. The molecule has 0 heterocycles. The lowest BCUT2D eigenvalue weighted by atomic mass is 10.2. The van der Waals surface area contributed by atoms with Gasteiger partial charge in [-0.2, -0.15) is 0 Å². The molecule has 0 unspecified atom stereocenters. The van der Waals surface area contributed by atoms with E-state index in [1.165, 1.54) is 7.11 Å². The molecule has 0 N–H and O–H groups in total. The lowest BCUT2D eigenvalue weighted by Crippen LogP contribution is -2.12. The number of hydrogen-bond donors (Lipinski definition) is 0. The van der Waals surface area contributed by atoms with Gasteiger partial charge in [-0.15, -0.1) is 0 Å². The average molecular weight is 336 g/mol. The zero-order valence-corrected chi connectivity index (χ0v) is 12.8. The number of hydrogen-bond acceptors (Lipinski definition) is 6. The van der Waals surface area contributed by atoms with E-state index in [0.29, 0.717) is 0 Å². The van der Waals surface area contributed by atoms with Gasteiger partial charge in [-0.1, -0.05) is 0 Å². The third-order valence-electron chi connectivity index (χ3n) is 3.28. The van der Waals surface area contributed by atoms with Crippen LogP contribution in [0.1, 0.15) is 25.7 Å². The molecule has 7 nitrogen and oxygen atoms in total. The molecular weight excluding hydrogens is 322 g/mol. The van der Waals surface area contributed by atoms with Gasteiger partial charge >= 0.3 is 0 Å². The molecule has 0 atom stereocenters. The third-order valence-corrected chi connectivity index (χ3v) is 4.61. The van der Waals surface area contributed by atoms with E-state index in [0.717, 1.165) is 37.8 Å². The maximum absolute atomic E-state index is 11.6. The van der Waals surface area contributed by atoms with Crippen molar-refractivity contribution in [1.82, 2.24) is 0 Å². The first-order valence-electron chi connectivity index (χ1n) is 6.30. The Hall–Kier alpha value is -1.54. The van der Waals surface area contributed by atoms with Crippen LogP contribution in [-0.2, 0) is 9.05 Å². The standard InChI is InChI=1S/C12H14ClNO6S/c1-19-12-10(20-9-4-2-3-5-9)6-8(14(15)16)7-11(12)21(13,17)18/h6-7,9H,2-5H2,1H3. The van der Waals surface area contributed by atoms with Crippen LogP contribution in [-0.4, -0.2) is 26.6 Å². The molecule has 0 aromatic heterocycles. The monoisotopic (exact) mass is 335 g/mol. The maximum atomic E-state index is 11.6. The summed E-state index contributed by atoms with van der Waals surface area (Å²) in [5.41, 5.74) is -0.414. The molecular formula is C12H14ClNO6S. The Morgan fingerprint density at radius 3 is 2.43 bits per heavy atom. The van der Waals surface area contributed by atoms with Crippen molar-refractivity contribution >= 4 is 25.4 Å². The SMILES string of the molecule is COc1c(OC2CCCC2)cc([N+](=O)[O-])cc1S(=O)(=O)Cl. The summed E-state index contributed by atoms with van der Waals surface area (Å²) in [6, 6.07) is 2.02. The van der Waals surface area contributed by atoms with E-state index >= 15 is 0 Å². The van der Waals surface area contributed by atoms with Crippen molar-refractivity contribution in [3.63, 3.8) is 0 Å². The molecule has 0 bridgehead atoms. The van der Waals surface area contributed by atoms with E-state index in [-0.39, 0.29) is 17.6 Å². The summed E-state index contributed by atoms with van der Waals surface area (Å²) in [5.74, 6) is -0.0830. The number of nitrogens with zero attached hydrogens (tertiary/aromatic N) is 1. The van der Waals surface area contributed by atoms with Gasteiger partial charge in [0.25, 0.3) is 14.7 Å². The van der Waals surface area contributed by atoms with Gasteiger partial charge in [0.15, 0.2) is 11.5 Å². The van der Waals surface area contributed by atoms with Crippen molar-refractivity contribution in [2.45, 2.75) is 36.7 Å². The van der Waals surface area contributed by atoms with E-state index in [2.05, 4.69) is 0 Å². The molecule has 1 aromatic rings. The second-order valence-electron chi connectivity index (χ2n) is 4.69. The maximum Gasteiger partial charge on any atom is 0.274 e. The number of nitro groups is 1. The van der Waals surface area contributed by atoms with Crippen molar-refractivity contribution in [3.05, 3.63) is 22.2 Å². The van der Waals surface area contributed by atoms with Crippen LogP contribution in [0.3, 0.4) is 0 Å². The topological polar surface area (TPSA) is 95.7 Å². The van der Waals surface area contributed by atoms with Gasteiger partial charge in [-0.05, 0) is 25.7 Å². The van der Waals surface area contributed by atoms with Crippen molar-refractivity contribution in [1.29, 1.82) is 0 Å². The van der Waals surface area contributed by atoms with Crippen LogP contribution in [0.25, 0.3) is 0 Å². The van der Waals surface area contributed by atoms with Crippen molar-refractivity contribution < 1.29 is 22.8 Å². The van der Waals surface area contributed by atoms with Gasteiger partial charge in [0.05, 0.1) is 24.2 Å². The first-order chi connectivity index (χ1) is 9.82. The molecule has 1 aliphatic carbocycles. The van der Waals surface area contributed by atoms with Crippen LogP contribution in [0.5, 0.6) is 11.5 Å². The molecule has 1 saturated carbocycles. The van der Waals surface area contributed by atoms with Gasteiger partial charge in [-0.25, -0.2) is 8.42 Å². The summed E-state index contributed by atoms with van der Waals surface area (Å²) < 4.78 is 33.9. The molecule has 21 heavy (non-hydrogen) atoms. The first kappa shape index (κ1) is 15.8. The highest BCUT2D eigenvalue weighted by atomic mass is 35.7. The molecule has 0 aliphatic heterocycles. The summed E-state index contributed by atoms with van der Waals surface area (Å²) in [7, 11) is 2.39. The number of nitro benzene ring substituents is 1. The number of non-ortho nitro benzene ring substituents is 1. The Morgan fingerprint density at radius 1 is 1.33 bits per heavy atom. The molecule has 9 heteroatoms. The Labute approximate surface area is 126 Å². The minimum absolute atomic E-state index is 0.0258. The van der Waals surface area contributed by atoms with E-state index in [1.807, 2.05) is 0 Å². The van der Waals surface area contributed by atoms with Crippen molar-refractivity contribution in [2.75, 3.05) is 7.11 Å². The normalized spacial score (nSPS) is 15.9. The fraction of sp³-hybridized carbons (Fsp3) is 0.500. The molecule has 2 rings (SSSR count). The van der Waals surface area contributed by atoms with Crippen LogP contribution < -0.4 is 9.47 Å². The highest BCUT2D eigenvalue weighted by Crippen LogP contribution is 2.41. The Bertz CT molecular complexity index is 654. The van der Waals surface area contributed by atoms with Gasteiger partial charge in [0.2, 0.25) is 0 Å². The van der Waals surface area contributed by atoms with Gasteiger partial charge in [0.1, 0.15) is 4.90 Å². The molecule has 0 spiro atoms. The van der Waals surface area contributed by atoms with Gasteiger partial charge in [0, 0.05) is 16.7 Å². The zero-order chi connectivity index (χ0) is 15.6. The number of benzene rings is 1. The average Bonchev–Trinajstić information content (AvgIpc) is 2.89. The molecule has 116 valence electrons. The van der Waals surface area contributed by atoms with E-state index in [1.54, 1.807) is 0 Å². The molecule has 1 aromatic carbocycles. The lowest BCUT2D eigenvalue weighted by molar-refractivity contribution is -0.385. The molecule has 0 amide bonds. The quantitative estimate of drug-likeness (QED) is 0.466. The fourth-order valence-corrected chi connectivity index (χ4v) is 3.33. The smallest absolute Gasteiger partial charge is 0.274 e. The summed E-state index contributed by atoms with van der Waals surface area (Å²) in [6.07, 6.45) is 3.53.